The topological polar surface area (TPSA) is 64.8 Å². The number of alkyl halides is 2. The Hall–Kier alpha value is -1.74. The lowest BCUT2D eigenvalue weighted by Crippen LogP contribution is -2.67. The smallest absolute Gasteiger partial charge is 0.318 e. The maximum atomic E-state index is 15.5. The second kappa shape index (κ2) is 11.2. The zero-order chi connectivity index (χ0) is 28.1. The number of hydrogen-bond acceptors (Lipinski definition) is 5. The molecule has 224 valence electrons. The van der Waals surface area contributed by atoms with Gasteiger partial charge in [-0.2, -0.15) is 0 Å². The first-order valence-corrected chi connectivity index (χ1v) is 16.0. The maximum Gasteiger partial charge on any atom is 0.318 e. The van der Waals surface area contributed by atoms with Gasteiger partial charge in [0.1, 0.15) is 11.8 Å². The first-order chi connectivity index (χ1) is 19.1. The summed E-state index contributed by atoms with van der Waals surface area (Å²) >= 11 is 0. The molecule has 1 aromatic heterocycles. The summed E-state index contributed by atoms with van der Waals surface area (Å²) < 4.78 is 36.8. The van der Waals surface area contributed by atoms with Crippen LogP contribution in [-0.4, -0.2) is 88.7 Å². The second-order valence-electron chi connectivity index (χ2n) is 14.0. The number of carbonyl (C=O) groups is 1. The maximum absolute atomic E-state index is 15.5. The summed E-state index contributed by atoms with van der Waals surface area (Å²) in [6, 6.07) is 0.875. The molecular formula is C31H49F2N5O2. The third kappa shape index (κ3) is 5.66. The highest BCUT2D eigenvalue weighted by atomic mass is 19.3. The standard InChI is InChI=1S/C31H49F2N5O2/c1-21(2)36-15-17-37(18-16-36)24-9-6-12-31(32,33)28(24)34-29(39)38-14-13-30(3,20-25(38)22-7-4-5-8-22)27-19-26(40-35-27)23-10-11-23/h19,21-25,28H,4-18,20H2,1-3H3,(H,34,39)/t24-,25?,28+,30?/m0/s1. The number of urea groups is 1. The van der Waals surface area contributed by atoms with Gasteiger partial charge in [-0.15, -0.1) is 0 Å². The van der Waals surface area contributed by atoms with E-state index in [4.69, 9.17) is 4.52 Å². The quantitative estimate of drug-likeness (QED) is 0.479. The van der Waals surface area contributed by atoms with Gasteiger partial charge >= 0.3 is 6.03 Å². The van der Waals surface area contributed by atoms with Gasteiger partial charge in [0, 0.05) is 74.7 Å². The fourth-order valence-electron chi connectivity index (χ4n) is 8.14. The average molecular weight is 562 g/mol. The number of aromatic nitrogens is 1. The molecule has 5 fully saturated rings. The molecule has 3 aliphatic carbocycles. The predicted octanol–water partition coefficient (Wildman–Crippen LogP) is 5.76. The van der Waals surface area contributed by atoms with E-state index in [1.807, 2.05) is 4.90 Å². The molecular weight excluding hydrogens is 512 g/mol. The van der Waals surface area contributed by atoms with Gasteiger partial charge in [-0.3, -0.25) is 9.80 Å². The van der Waals surface area contributed by atoms with Crippen molar-refractivity contribution < 1.29 is 18.1 Å². The molecule has 1 N–H and O–H groups in total. The molecule has 6 rings (SSSR count). The number of halogens is 2. The van der Waals surface area contributed by atoms with E-state index in [1.54, 1.807) is 0 Å². The largest absolute Gasteiger partial charge is 0.361 e. The van der Waals surface area contributed by atoms with Crippen LogP contribution in [0.25, 0.3) is 0 Å². The summed E-state index contributed by atoms with van der Waals surface area (Å²) in [7, 11) is 0. The molecule has 2 unspecified atom stereocenters. The summed E-state index contributed by atoms with van der Waals surface area (Å²) in [4.78, 5) is 20.5. The molecule has 2 saturated heterocycles. The number of piperazine rings is 1. The van der Waals surface area contributed by atoms with Crippen LogP contribution < -0.4 is 5.32 Å². The van der Waals surface area contributed by atoms with Crippen molar-refractivity contribution in [2.24, 2.45) is 5.92 Å². The predicted molar refractivity (Wildman–Crippen MR) is 151 cm³/mol. The highest BCUT2D eigenvalue weighted by Gasteiger charge is 2.52. The number of piperidine rings is 1. The van der Waals surface area contributed by atoms with Crippen LogP contribution in [0.15, 0.2) is 10.6 Å². The van der Waals surface area contributed by atoms with Gasteiger partial charge in [0.15, 0.2) is 0 Å². The van der Waals surface area contributed by atoms with E-state index in [0.29, 0.717) is 37.3 Å². The summed E-state index contributed by atoms with van der Waals surface area (Å²) in [5.41, 5.74) is 0.825. The number of nitrogens with one attached hydrogen (secondary N) is 1. The fraction of sp³-hybridized carbons (Fsp3) is 0.871. The molecule has 5 aliphatic rings. The van der Waals surface area contributed by atoms with Gasteiger partial charge < -0.3 is 14.7 Å². The first kappa shape index (κ1) is 28.4. The Morgan fingerprint density at radius 3 is 2.40 bits per heavy atom. The Labute approximate surface area is 238 Å². The van der Waals surface area contributed by atoms with Crippen molar-refractivity contribution in [3.05, 3.63) is 17.5 Å². The van der Waals surface area contributed by atoms with Gasteiger partial charge in [-0.05, 0) is 71.1 Å². The Bertz CT molecular complexity index is 1030. The second-order valence-corrected chi connectivity index (χ2v) is 14.0. The zero-order valence-electron chi connectivity index (χ0n) is 24.7. The Morgan fingerprint density at radius 1 is 1.00 bits per heavy atom. The van der Waals surface area contributed by atoms with Crippen molar-refractivity contribution >= 4 is 6.03 Å². The van der Waals surface area contributed by atoms with E-state index < -0.39 is 12.0 Å². The fourth-order valence-corrected chi connectivity index (χ4v) is 8.14. The van der Waals surface area contributed by atoms with Crippen LogP contribution >= 0.6 is 0 Å². The van der Waals surface area contributed by atoms with E-state index in [1.165, 1.54) is 25.7 Å². The van der Waals surface area contributed by atoms with Crippen LogP contribution in [-0.2, 0) is 5.41 Å². The number of rotatable bonds is 6. The minimum atomic E-state index is -2.90. The van der Waals surface area contributed by atoms with E-state index >= 15 is 8.78 Å². The molecule has 9 heteroatoms. The van der Waals surface area contributed by atoms with E-state index in [9.17, 15) is 4.79 Å². The minimum absolute atomic E-state index is 0.0348. The van der Waals surface area contributed by atoms with Crippen LogP contribution in [0.2, 0.25) is 0 Å². The van der Waals surface area contributed by atoms with Gasteiger partial charge in [0.2, 0.25) is 0 Å². The van der Waals surface area contributed by atoms with Crippen molar-refractivity contribution in [3.63, 3.8) is 0 Å². The van der Waals surface area contributed by atoms with Gasteiger partial charge in [-0.25, -0.2) is 13.6 Å². The molecule has 2 amide bonds. The van der Waals surface area contributed by atoms with Gasteiger partial charge in [0.25, 0.3) is 5.92 Å². The lowest BCUT2D eigenvalue weighted by atomic mass is 9.71. The Kier molecular flexibility index (Phi) is 7.92. The molecule has 2 aliphatic heterocycles. The summed E-state index contributed by atoms with van der Waals surface area (Å²) in [6.07, 6.45) is 9.52. The number of amides is 2. The molecule has 0 radical (unpaired) electrons. The molecule has 0 spiro atoms. The molecule has 0 aromatic carbocycles. The Balaban J connectivity index is 1.18. The van der Waals surface area contributed by atoms with Crippen LogP contribution in [0.3, 0.4) is 0 Å². The van der Waals surface area contributed by atoms with E-state index in [-0.39, 0.29) is 30.0 Å². The van der Waals surface area contributed by atoms with Crippen LogP contribution in [0, 0.1) is 5.92 Å². The highest BCUT2D eigenvalue weighted by Crippen LogP contribution is 2.46. The molecule has 40 heavy (non-hydrogen) atoms. The van der Waals surface area contributed by atoms with Crippen LogP contribution in [0.5, 0.6) is 0 Å². The number of carbonyl (C=O) groups excluding carboxylic acids is 1. The van der Waals surface area contributed by atoms with E-state index in [2.05, 4.69) is 47.1 Å². The molecule has 3 heterocycles. The number of likely N-dealkylation sites (tertiary alicyclic amines) is 1. The molecule has 0 bridgehead atoms. The van der Waals surface area contributed by atoms with Crippen molar-refractivity contribution in [1.29, 1.82) is 0 Å². The normalized spacial score (nSPS) is 34.5. The molecule has 3 saturated carbocycles. The third-order valence-corrected chi connectivity index (χ3v) is 11.0. The zero-order valence-corrected chi connectivity index (χ0v) is 24.7. The van der Waals surface area contributed by atoms with Crippen molar-refractivity contribution in [2.45, 2.75) is 133 Å². The lowest BCUT2D eigenvalue weighted by molar-refractivity contribution is -0.0979. The summed E-state index contributed by atoms with van der Waals surface area (Å²) in [5.74, 6) is -0.985. The minimum Gasteiger partial charge on any atom is -0.361 e. The van der Waals surface area contributed by atoms with Gasteiger partial charge in [0.05, 0.1) is 5.69 Å². The van der Waals surface area contributed by atoms with Crippen molar-refractivity contribution in [3.8, 4) is 0 Å². The molecule has 4 atom stereocenters. The summed E-state index contributed by atoms with van der Waals surface area (Å²) in [5, 5.41) is 7.45. The van der Waals surface area contributed by atoms with Crippen LogP contribution in [0.1, 0.15) is 109 Å². The lowest BCUT2D eigenvalue weighted by Gasteiger charge is -2.49. The third-order valence-electron chi connectivity index (χ3n) is 11.0. The Morgan fingerprint density at radius 2 is 1.73 bits per heavy atom. The molecule has 7 nitrogen and oxygen atoms in total. The number of nitrogens with zero attached hydrogens (tertiary/aromatic N) is 4. The molecule has 1 aromatic rings. The highest BCUT2D eigenvalue weighted by molar-refractivity contribution is 5.75. The van der Waals surface area contributed by atoms with Crippen molar-refractivity contribution in [1.82, 2.24) is 25.2 Å². The monoisotopic (exact) mass is 561 g/mol. The first-order valence-electron chi connectivity index (χ1n) is 16.0. The SMILES string of the molecule is CC(C)N1CCN([C@H]2CCCC(F)(F)[C@@H]2NC(=O)N2CCC(C)(c3cc(C4CC4)on3)CC2C2CCCC2)CC1. The number of hydrogen-bond donors (Lipinski definition) is 1. The van der Waals surface area contributed by atoms with Crippen LogP contribution in [0.4, 0.5) is 13.6 Å². The average Bonchev–Trinajstić information content (AvgIpc) is 3.40. The van der Waals surface area contributed by atoms with Gasteiger partial charge in [-0.1, -0.05) is 24.9 Å². The summed E-state index contributed by atoms with van der Waals surface area (Å²) in [6.45, 7) is 10.5. The van der Waals surface area contributed by atoms with E-state index in [0.717, 1.165) is 63.3 Å². The van der Waals surface area contributed by atoms with Crippen molar-refractivity contribution in [2.75, 3.05) is 32.7 Å².